The molecule has 2 unspecified atom stereocenters. The van der Waals surface area contributed by atoms with Crippen LogP contribution in [0.4, 0.5) is 4.79 Å². The van der Waals surface area contributed by atoms with Crippen LogP contribution in [0.25, 0.3) is 0 Å². The molecule has 2 atom stereocenters. The zero-order valence-corrected chi connectivity index (χ0v) is 22.5. The van der Waals surface area contributed by atoms with E-state index in [-0.39, 0.29) is 6.42 Å². The second kappa shape index (κ2) is 11.7. The number of amides is 1. The van der Waals surface area contributed by atoms with Gasteiger partial charge in [-0.15, -0.1) is 0 Å². The highest BCUT2D eigenvalue weighted by atomic mass is 16.6. The number of ether oxygens (including phenoxy) is 3. The molecule has 34 heavy (non-hydrogen) atoms. The molecule has 0 heterocycles. The van der Waals surface area contributed by atoms with Gasteiger partial charge in [-0.3, -0.25) is 4.79 Å². The van der Waals surface area contributed by atoms with Crippen LogP contribution in [0.3, 0.4) is 0 Å². The van der Waals surface area contributed by atoms with Crippen molar-refractivity contribution in [1.29, 1.82) is 0 Å². The van der Waals surface area contributed by atoms with Gasteiger partial charge in [0, 0.05) is 0 Å². The molecular formula is C27H43NO6. The highest BCUT2D eigenvalue weighted by Crippen LogP contribution is 2.22. The number of hydrogen-bond donors (Lipinski definition) is 1. The second-order valence-electron chi connectivity index (χ2n) is 11.6. The van der Waals surface area contributed by atoms with Crippen molar-refractivity contribution in [1.82, 2.24) is 5.32 Å². The van der Waals surface area contributed by atoms with Crippen molar-refractivity contribution < 1.29 is 28.6 Å². The Morgan fingerprint density at radius 3 is 1.62 bits per heavy atom. The summed E-state index contributed by atoms with van der Waals surface area (Å²) >= 11 is 0. The monoisotopic (exact) mass is 477 g/mol. The predicted octanol–water partition coefficient (Wildman–Crippen LogP) is 5.37. The molecule has 7 nitrogen and oxygen atoms in total. The van der Waals surface area contributed by atoms with Gasteiger partial charge >= 0.3 is 18.0 Å². The minimum atomic E-state index is -1.08. The maximum atomic E-state index is 13.1. The second-order valence-corrected chi connectivity index (χ2v) is 11.6. The van der Waals surface area contributed by atoms with E-state index in [1.165, 1.54) is 5.56 Å². The molecule has 7 heteroatoms. The van der Waals surface area contributed by atoms with E-state index in [1.54, 1.807) is 62.3 Å². The van der Waals surface area contributed by atoms with Crippen LogP contribution in [-0.2, 0) is 36.6 Å². The van der Waals surface area contributed by atoms with Crippen molar-refractivity contribution in [2.45, 2.75) is 111 Å². The molecular weight excluding hydrogens is 434 g/mol. The fourth-order valence-electron chi connectivity index (χ4n) is 3.16. The predicted molar refractivity (Wildman–Crippen MR) is 132 cm³/mol. The Hall–Kier alpha value is -2.57. The number of aryl methyl sites for hydroxylation is 1. The first-order chi connectivity index (χ1) is 15.4. The summed E-state index contributed by atoms with van der Waals surface area (Å²) in [6.45, 7) is 17.9. The molecule has 0 aromatic heterocycles. The lowest BCUT2D eigenvalue weighted by atomic mass is 9.91. The van der Waals surface area contributed by atoms with Crippen LogP contribution < -0.4 is 5.32 Å². The van der Waals surface area contributed by atoms with E-state index in [4.69, 9.17) is 14.2 Å². The number of hydrogen-bond acceptors (Lipinski definition) is 6. The van der Waals surface area contributed by atoms with E-state index in [1.807, 2.05) is 24.3 Å². The fraction of sp³-hybridized carbons (Fsp3) is 0.667. The van der Waals surface area contributed by atoms with Crippen LogP contribution in [0.15, 0.2) is 24.3 Å². The molecule has 0 saturated heterocycles. The van der Waals surface area contributed by atoms with Crippen LogP contribution in [-0.4, -0.2) is 40.9 Å². The Morgan fingerprint density at radius 2 is 1.18 bits per heavy atom. The smallest absolute Gasteiger partial charge is 0.408 e. The van der Waals surface area contributed by atoms with Crippen molar-refractivity contribution in [2.75, 3.05) is 0 Å². The lowest BCUT2D eigenvalue weighted by molar-refractivity contribution is -0.162. The molecule has 0 spiro atoms. The van der Waals surface area contributed by atoms with E-state index in [0.717, 1.165) is 12.0 Å². The van der Waals surface area contributed by atoms with Gasteiger partial charge in [-0.25, -0.2) is 9.59 Å². The van der Waals surface area contributed by atoms with Gasteiger partial charge in [-0.05, 0) is 92.7 Å². The van der Waals surface area contributed by atoms with Crippen LogP contribution in [0, 0.1) is 5.92 Å². The first-order valence-electron chi connectivity index (χ1n) is 11.9. The normalized spacial score (nSPS) is 14.1. The van der Waals surface area contributed by atoms with Gasteiger partial charge in [0.25, 0.3) is 0 Å². The van der Waals surface area contributed by atoms with Crippen molar-refractivity contribution in [3.63, 3.8) is 0 Å². The van der Waals surface area contributed by atoms with Crippen molar-refractivity contribution in [3.05, 3.63) is 35.4 Å². The molecule has 0 bridgehead atoms. The first-order valence-corrected chi connectivity index (χ1v) is 11.9. The zero-order valence-electron chi connectivity index (χ0n) is 22.5. The van der Waals surface area contributed by atoms with E-state index >= 15 is 0 Å². The molecule has 0 radical (unpaired) electrons. The summed E-state index contributed by atoms with van der Waals surface area (Å²) in [6, 6.07) is 6.90. The molecule has 0 aliphatic carbocycles. The van der Waals surface area contributed by atoms with E-state index in [2.05, 4.69) is 12.2 Å². The summed E-state index contributed by atoms with van der Waals surface area (Å²) < 4.78 is 16.5. The molecule has 1 N–H and O–H groups in total. The SMILES string of the molecule is CCc1ccc(CC(CC(NC(=O)OC(C)(C)C)C(=O)OC(C)(C)C)C(=O)OC(C)(C)C)cc1. The van der Waals surface area contributed by atoms with Gasteiger partial charge in [0.1, 0.15) is 22.8 Å². The van der Waals surface area contributed by atoms with E-state index in [0.29, 0.717) is 6.42 Å². The Bertz CT molecular complexity index is 825. The van der Waals surface area contributed by atoms with E-state index in [9.17, 15) is 14.4 Å². The minimum absolute atomic E-state index is 0.0125. The largest absolute Gasteiger partial charge is 0.460 e. The van der Waals surface area contributed by atoms with Gasteiger partial charge in [0.2, 0.25) is 0 Å². The minimum Gasteiger partial charge on any atom is -0.460 e. The average molecular weight is 478 g/mol. The van der Waals surface area contributed by atoms with Gasteiger partial charge in [-0.1, -0.05) is 31.2 Å². The van der Waals surface area contributed by atoms with Crippen LogP contribution in [0.2, 0.25) is 0 Å². The van der Waals surface area contributed by atoms with Crippen LogP contribution in [0.5, 0.6) is 0 Å². The Kier molecular flexibility index (Phi) is 10.2. The molecule has 192 valence electrons. The quantitative estimate of drug-likeness (QED) is 0.400. The lowest BCUT2D eigenvalue weighted by Gasteiger charge is -2.29. The number of rotatable bonds is 8. The third-order valence-corrected chi connectivity index (χ3v) is 4.56. The summed E-state index contributed by atoms with van der Waals surface area (Å²) in [7, 11) is 0. The number of esters is 2. The molecule has 0 aliphatic rings. The summed E-state index contributed by atoms with van der Waals surface area (Å²) in [5.41, 5.74) is -0.0678. The molecule has 1 rings (SSSR count). The third kappa shape index (κ3) is 12.1. The molecule has 0 fully saturated rings. The van der Waals surface area contributed by atoms with Gasteiger partial charge < -0.3 is 19.5 Å². The average Bonchev–Trinajstić information content (AvgIpc) is 2.63. The van der Waals surface area contributed by atoms with E-state index < -0.39 is 46.8 Å². The molecule has 1 aromatic carbocycles. The maximum Gasteiger partial charge on any atom is 0.408 e. The van der Waals surface area contributed by atoms with Gasteiger partial charge in [-0.2, -0.15) is 0 Å². The topological polar surface area (TPSA) is 90.9 Å². The van der Waals surface area contributed by atoms with Gasteiger partial charge in [0.05, 0.1) is 5.92 Å². The Balaban J connectivity index is 3.22. The van der Waals surface area contributed by atoms with Crippen molar-refractivity contribution in [2.24, 2.45) is 5.92 Å². The molecule has 1 amide bonds. The van der Waals surface area contributed by atoms with Crippen molar-refractivity contribution in [3.8, 4) is 0 Å². The zero-order chi connectivity index (χ0) is 26.3. The van der Waals surface area contributed by atoms with Crippen LogP contribution in [0.1, 0.15) is 86.8 Å². The molecule has 0 aliphatic heterocycles. The number of alkyl carbamates (subject to hydrolysis) is 1. The summed E-state index contributed by atoms with van der Waals surface area (Å²) in [5, 5.41) is 2.60. The number of benzene rings is 1. The number of carbonyl (C=O) groups excluding carboxylic acids is 3. The summed E-state index contributed by atoms with van der Waals surface area (Å²) in [5.74, 6) is -1.75. The summed E-state index contributed by atoms with van der Waals surface area (Å²) in [6.07, 6.45) is 0.530. The third-order valence-electron chi connectivity index (χ3n) is 4.56. The summed E-state index contributed by atoms with van der Waals surface area (Å²) in [4.78, 5) is 38.6. The molecule has 1 aromatic rings. The highest BCUT2D eigenvalue weighted by Gasteiger charge is 2.35. The first kappa shape index (κ1) is 29.5. The lowest BCUT2D eigenvalue weighted by Crippen LogP contribution is -2.48. The fourth-order valence-corrected chi connectivity index (χ4v) is 3.16. The van der Waals surface area contributed by atoms with Gasteiger partial charge in [0.15, 0.2) is 0 Å². The molecule has 0 saturated carbocycles. The Labute approximate surface area is 204 Å². The maximum absolute atomic E-state index is 13.1. The highest BCUT2D eigenvalue weighted by molar-refractivity contribution is 5.83. The Morgan fingerprint density at radius 1 is 0.735 bits per heavy atom. The number of nitrogens with one attached hydrogen (secondary N) is 1. The standard InChI is InChI=1S/C27H43NO6/c1-11-18-12-14-19(15-13-18)16-20(22(29)32-25(2,3)4)17-21(23(30)33-26(5,6)7)28-24(31)34-27(8,9)10/h12-15,20-21H,11,16-17H2,1-10H3,(H,28,31). The van der Waals surface area contributed by atoms with Crippen molar-refractivity contribution >= 4 is 18.0 Å². The number of carbonyl (C=O) groups is 3. The van der Waals surface area contributed by atoms with Crippen LogP contribution >= 0.6 is 0 Å².